The van der Waals surface area contributed by atoms with Crippen LogP contribution in [0.15, 0.2) is 41.4 Å². The number of ether oxygens (including phenoxy) is 1. The summed E-state index contributed by atoms with van der Waals surface area (Å²) in [5.74, 6) is 1.49. The summed E-state index contributed by atoms with van der Waals surface area (Å²) < 4.78 is 5.67. The molecule has 0 spiro atoms. The highest BCUT2D eigenvalue weighted by Crippen LogP contribution is 2.45. The second-order valence-electron chi connectivity index (χ2n) is 7.75. The van der Waals surface area contributed by atoms with Crippen LogP contribution in [0.2, 0.25) is 0 Å². The molecule has 1 amide bonds. The minimum absolute atomic E-state index is 0.146. The molecule has 1 unspecified atom stereocenters. The first-order chi connectivity index (χ1) is 13.3. The Hall–Kier alpha value is -2.62. The van der Waals surface area contributed by atoms with Crippen LogP contribution in [-0.4, -0.2) is 36.7 Å². The van der Waals surface area contributed by atoms with Gasteiger partial charge in [-0.3, -0.25) is 9.79 Å². The fraction of sp³-hybridized carbons (Fsp3) is 0.391. The quantitative estimate of drug-likeness (QED) is 0.802. The number of likely N-dealkylation sites (tertiary alicyclic amines) is 1. The van der Waals surface area contributed by atoms with Crippen molar-refractivity contribution in [3.8, 4) is 5.75 Å². The van der Waals surface area contributed by atoms with E-state index in [0.29, 0.717) is 5.92 Å². The molecule has 0 saturated carbocycles. The summed E-state index contributed by atoms with van der Waals surface area (Å²) in [7, 11) is 1.75. The normalized spacial score (nSPS) is 22.8. The summed E-state index contributed by atoms with van der Waals surface area (Å²) in [5, 5.41) is 0. The second-order valence-corrected chi connectivity index (χ2v) is 7.75. The summed E-state index contributed by atoms with van der Waals surface area (Å²) in [4.78, 5) is 19.9. The highest BCUT2D eigenvalue weighted by Gasteiger charge is 2.40. The fourth-order valence-electron chi connectivity index (χ4n) is 5.11. The molecule has 0 radical (unpaired) electrons. The van der Waals surface area contributed by atoms with Gasteiger partial charge < -0.3 is 9.64 Å². The highest BCUT2D eigenvalue weighted by molar-refractivity contribution is 5.96. The SMILES string of the molecule is COc1cccc2c1C1CCCN(C(=O)c3ccc4c(c3)N=CC4)[C@H]1CC2. The van der Waals surface area contributed by atoms with E-state index in [0.717, 1.165) is 55.6 Å². The standard InChI is InChI=1S/C23H24N2O2/c1-27-21-6-2-4-16-9-10-20-18(22(16)21)5-3-13-25(20)23(26)17-8-7-15-11-12-24-19(15)14-17/h2,4,6-8,12,14,18,20H,3,5,9-11,13H2,1H3/t18?,20-/m0/s1. The van der Waals surface area contributed by atoms with Gasteiger partial charge in [0.2, 0.25) is 0 Å². The Labute approximate surface area is 159 Å². The average Bonchev–Trinajstić information content (AvgIpc) is 3.20. The molecule has 2 aliphatic heterocycles. The molecule has 4 heteroatoms. The lowest BCUT2D eigenvalue weighted by molar-refractivity contribution is 0.0544. The van der Waals surface area contributed by atoms with Gasteiger partial charge in [0.1, 0.15) is 5.75 Å². The molecule has 0 bridgehead atoms. The van der Waals surface area contributed by atoms with Crippen LogP contribution in [0.5, 0.6) is 5.75 Å². The maximum absolute atomic E-state index is 13.4. The minimum atomic E-state index is 0.146. The maximum Gasteiger partial charge on any atom is 0.254 e. The minimum Gasteiger partial charge on any atom is -0.496 e. The largest absolute Gasteiger partial charge is 0.496 e. The van der Waals surface area contributed by atoms with E-state index in [-0.39, 0.29) is 11.9 Å². The van der Waals surface area contributed by atoms with Gasteiger partial charge in [-0.05, 0) is 55.0 Å². The van der Waals surface area contributed by atoms with Gasteiger partial charge in [-0.15, -0.1) is 0 Å². The van der Waals surface area contributed by atoms with Crippen LogP contribution in [0.4, 0.5) is 5.69 Å². The lowest BCUT2D eigenvalue weighted by Crippen LogP contribution is -2.49. The van der Waals surface area contributed by atoms with Crippen molar-refractivity contribution in [2.75, 3.05) is 13.7 Å². The fourth-order valence-corrected chi connectivity index (χ4v) is 5.11. The summed E-state index contributed by atoms with van der Waals surface area (Å²) in [6, 6.07) is 12.6. The van der Waals surface area contributed by atoms with Crippen LogP contribution in [0, 0.1) is 0 Å². The van der Waals surface area contributed by atoms with E-state index in [1.807, 2.05) is 18.3 Å². The zero-order valence-corrected chi connectivity index (χ0v) is 15.6. The molecule has 2 atom stereocenters. The van der Waals surface area contributed by atoms with Crippen LogP contribution >= 0.6 is 0 Å². The van der Waals surface area contributed by atoms with Crippen molar-refractivity contribution in [3.63, 3.8) is 0 Å². The second kappa shape index (κ2) is 6.52. The smallest absolute Gasteiger partial charge is 0.254 e. The first-order valence-electron chi connectivity index (χ1n) is 9.88. The monoisotopic (exact) mass is 360 g/mol. The summed E-state index contributed by atoms with van der Waals surface area (Å²) in [6.07, 6.45) is 6.98. The van der Waals surface area contributed by atoms with Gasteiger partial charge in [0.25, 0.3) is 5.91 Å². The Morgan fingerprint density at radius 3 is 3.00 bits per heavy atom. The molecule has 0 aromatic heterocycles. The Balaban J connectivity index is 1.48. The summed E-state index contributed by atoms with van der Waals surface area (Å²) >= 11 is 0. The number of piperidine rings is 1. The third kappa shape index (κ3) is 2.66. The third-order valence-electron chi connectivity index (χ3n) is 6.37. The van der Waals surface area contributed by atoms with E-state index in [1.54, 1.807) is 7.11 Å². The van der Waals surface area contributed by atoms with Gasteiger partial charge in [-0.1, -0.05) is 18.2 Å². The number of hydrogen-bond donors (Lipinski definition) is 0. The first-order valence-corrected chi connectivity index (χ1v) is 9.88. The molecule has 27 heavy (non-hydrogen) atoms. The Morgan fingerprint density at radius 2 is 2.11 bits per heavy atom. The lowest BCUT2D eigenvalue weighted by atomic mass is 9.73. The number of amides is 1. The number of aryl methyl sites for hydroxylation is 1. The van der Waals surface area contributed by atoms with Crippen LogP contribution in [0.1, 0.15) is 52.2 Å². The van der Waals surface area contributed by atoms with Crippen molar-refractivity contribution in [1.82, 2.24) is 4.90 Å². The molecule has 4 nitrogen and oxygen atoms in total. The third-order valence-corrected chi connectivity index (χ3v) is 6.37. The summed E-state index contributed by atoms with van der Waals surface area (Å²) in [6.45, 7) is 0.838. The summed E-state index contributed by atoms with van der Waals surface area (Å²) in [5.41, 5.74) is 5.63. The zero-order valence-electron chi connectivity index (χ0n) is 15.6. The molecular formula is C23H24N2O2. The van der Waals surface area contributed by atoms with Crippen molar-refractivity contribution >= 4 is 17.8 Å². The molecule has 3 aliphatic rings. The Morgan fingerprint density at radius 1 is 1.19 bits per heavy atom. The molecule has 1 aliphatic carbocycles. The van der Waals surface area contributed by atoms with Gasteiger partial charge in [0.15, 0.2) is 0 Å². The first kappa shape index (κ1) is 16.5. The van der Waals surface area contributed by atoms with E-state index < -0.39 is 0 Å². The number of fused-ring (bicyclic) bond motifs is 4. The van der Waals surface area contributed by atoms with Gasteiger partial charge in [0.05, 0.1) is 12.8 Å². The molecule has 2 aromatic rings. The van der Waals surface area contributed by atoms with Crippen LogP contribution in [-0.2, 0) is 12.8 Å². The van der Waals surface area contributed by atoms with Crippen molar-refractivity contribution in [1.29, 1.82) is 0 Å². The van der Waals surface area contributed by atoms with Gasteiger partial charge >= 0.3 is 0 Å². The number of methoxy groups -OCH3 is 1. The van der Waals surface area contributed by atoms with Crippen molar-refractivity contribution in [3.05, 3.63) is 58.7 Å². The molecule has 1 fully saturated rings. The average molecular weight is 360 g/mol. The Bertz CT molecular complexity index is 920. The van der Waals surface area contributed by atoms with E-state index in [2.05, 4.69) is 34.2 Å². The topological polar surface area (TPSA) is 41.9 Å². The predicted octanol–water partition coefficient (Wildman–Crippen LogP) is 4.29. The number of benzene rings is 2. The molecule has 0 N–H and O–H groups in total. The zero-order chi connectivity index (χ0) is 18.4. The van der Waals surface area contributed by atoms with Gasteiger partial charge in [-0.25, -0.2) is 0 Å². The molecule has 1 saturated heterocycles. The van der Waals surface area contributed by atoms with Gasteiger partial charge in [0, 0.05) is 42.3 Å². The van der Waals surface area contributed by atoms with E-state index in [1.165, 1.54) is 16.7 Å². The highest BCUT2D eigenvalue weighted by atomic mass is 16.5. The molecule has 138 valence electrons. The number of carbonyl (C=O) groups excluding carboxylic acids is 1. The van der Waals surface area contributed by atoms with E-state index in [9.17, 15) is 4.79 Å². The van der Waals surface area contributed by atoms with Crippen LogP contribution in [0.25, 0.3) is 0 Å². The van der Waals surface area contributed by atoms with E-state index >= 15 is 0 Å². The van der Waals surface area contributed by atoms with E-state index in [4.69, 9.17) is 4.74 Å². The number of carbonyl (C=O) groups is 1. The maximum atomic E-state index is 13.4. The molecule has 2 aromatic carbocycles. The number of nitrogens with zero attached hydrogens (tertiary/aromatic N) is 2. The van der Waals surface area contributed by atoms with Crippen molar-refractivity contribution < 1.29 is 9.53 Å². The molecular weight excluding hydrogens is 336 g/mol. The lowest BCUT2D eigenvalue weighted by Gasteiger charge is -2.45. The molecule has 2 heterocycles. The van der Waals surface area contributed by atoms with Gasteiger partial charge in [-0.2, -0.15) is 0 Å². The van der Waals surface area contributed by atoms with Crippen molar-refractivity contribution in [2.45, 2.75) is 44.1 Å². The number of hydrogen-bond acceptors (Lipinski definition) is 3. The molecule has 5 rings (SSSR count). The Kier molecular flexibility index (Phi) is 4.00. The number of aliphatic imine (C=N–C) groups is 1. The van der Waals surface area contributed by atoms with Crippen molar-refractivity contribution in [2.24, 2.45) is 4.99 Å². The predicted molar refractivity (Wildman–Crippen MR) is 106 cm³/mol. The van der Waals surface area contributed by atoms with Crippen LogP contribution < -0.4 is 4.74 Å². The number of rotatable bonds is 2. The van der Waals surface area contributed by atoms with Crippen LogP contribution in [0.3, 0.4) is 0 Å².